The highest BCUT2D eigenvalue weighted by Gasteiger charge is 2.69. The van der Waals surface area contributed by atoms with Crippen molar-refractivity contribution in [1.82, 2.24) is 9.55 Å². The molecule has 0 bridgehead atoms. The van der Waals surface area contributed by atoms with Gasteiger partial charge in [-0.3, -0.25) is 14.3 Å². The van der Waals surface area contributed by atoms with Crippen LogP contribution in [0.2, 0.25) is 0 Å². The predicted octanol–water partition coefficient (Wildman–Crippen LogP) is 1.96. The van der Waals surface area contributed by atoms with Crippen molar-refractivity contribution in [3.8, 4) is 11.5 Å². The number of nitrogens with one attached hydrogen (secondary N) is 1. The summed E-state index contributed by atoms with van der Waals surface area (Å²) in [5.74, 6) is 0.762. The molecule has 0 aliphatic carbocycles. The highest BCUT2D eigenvalue weighted by molar-refractivity contribution is 14.1. The monoisotopic (exact) mass is 672 g/mol. The van der Waals surface area contributed by atoms with Crippen LogP contribution in [0.1, 0.15) is 16.7 Å². The molecule has 1 aromatic heterocycles. The van der Waals surface area contributed by atoms with Gasteiger partial charge in [0.1, 0.15) is 35.2 Å². The van der Waals surface area contributed by atoms with E-state index in [9.17, 15) is 24.9 Å². The minimum absolute atomic E-state index is 0.126. The molecule has 4 N–H and O–H groups in total. The van der Waals surface area contributed by atoms with Crippen LogP contribution in [0.25, 0.3) is 0 Å². The van der Waals surface area contributed by atoms with Crippen LogP contribution in [0, 0.1) is 3.57 Å². The zero-order chi connectivity index (χ0) is 29.4. The van der Waals surface area contributed by atoms with Crippen molar-refractivity contribution >= 4 is 22.6 Å². The molecule has 0 saturated carbocycles. The minimum Gasteiger partial charge on any atom is -0.496 e. The van der Waals surface area contributed by atoms with Gasteiger partial charge >= 0.3 is 5.69 Å². The van der Waals surface area contributed by atoms with Crippen LogP contribution in [0.3, 0.4) is 0 Å². The Balaban J connectivity index is 2.13. The number of aliphatic hydroxyl groups excluding tert-OH is 3. The number of rotatable bonds is 8. The lowest BCUT2D eigenvalue weighted by Gasteiger charge is -2.51. The summed E-state index contributed by atoms with van der Waals surface area (Å²) in [5.41, 5.74) is -4.01. The van der Waals surface area contributed by atoms with Crippen LogP contribution in [0.5, 0.6) is 11.5 Å². The summed E-state index contributed by atoms with van der Waals surface area (Å²) in [7, 11) is 2.99. The summed E-state index contributed by atoms with van der Waals surface area (Å²) in [6.07, 6.45) is -3.49. The second-order valence-electron chi connectivity index (χ2n) is 9.59. The molecule has 1 aliphatic heterocycles. The number of nitrogens with zero attached hydrogens (tertiary/aromatic N) is 1. The van der Waals surface area contributed by atoms with E-state index < -0.39 is 47.3 Å². The molecular weight excluding hydrogens is 643 g/mol. The van der Waals surface area contributed by atoms with Crippen LogP contribution in [-0.2, 0) is 15.9 Å². The normalized spacial score (nSPS) is 22.4. The van der Waals surface area contributed by atoms with Crippen molar-refractivity contribution < 1.29 is 29.5 Å². The van der Waals surface area contributed by atoms with Gasteiger partial charge in [-0.25, -0.2) is 4.79 Å². The van der Waals surface area contributed by atoms with E-state index in [1.807, 2.05) is 6.07 Å². The smallest absolute Gasteiger partial charge is 0.330 e. The van der Waals surface area contributed by atoms with Crippen LogP contribution in [0.4, 0.5) is 0 Å². The Labute approximate surface area is 248 Å². The van der Waals surface area contributed by atoms with E-state index in [0.29, 0.717) is 28.2 Å². The maximum atomic E-state index is 13.8. The van der Waals surface area contributed by atoms with Gasteiger partial charge in [0.05, 0.1) is 24.4 Å². The summed E-state index contributed by atoms with van der Waals surface area (Å²) < 4.78 is 19.5. The van der Waals surface area contributed by atoms with Crippen molar-refractivity contribution in [3.05, 3.63) is 126 Å². The molecule has 11 heteroatoms. The van der Waals surface area contributed by atoms with Gasteiger partial charge in [0, 0.05) is 17.3 Å². The highest BCUT2D eigenvalue weighted by Crippen LogP contribution is 2.59. The fraction of sp³-hybridized carbons (Fsp3) is 0.267. The number of para-hydroxylation sites is 2. The number of ether oxygens (including phenoxy) is 3. The van der Waals surface area contributed by atoms with E-state index in [2.05, 4.69) is 4.98 Å². The molecule has 10 nitrogen and oxygen atoms in total. The lowest BCUT2D eigenvalue weighted by molar-refractivity contribution is -0.180. The van der Waals surface area contributed by atoms with E-state index in [0.717, 1.165) is 4.57 Å². The Morgan fingerprint density at radius 2 is 1.46 bits per heavy atom. The number of aromatic amines is 1. The Kier molecular flexibility index (Phi) is 8.08. The maximum Gasteiger partial charge on any atom is 0.330 e. The number of aromatic nitrogens is 2. The molecule has 214 valence electrons. The topological polar surface area (TPSA) is 143 Å². The average Bonchev–Trinajstić information content (AvgIpc) is 3.26. The second-order valence-corrected chi connectivity index (χ2v) is 10.8. The number of halogens is 1. The van der Waals surface area contributed by atoms with Gasteiger partial charge < -0.3 is 29.5 Å². The van der Waals surface area contributed by atoms with Gasteiger partial charge in [0.25, 0.3) is 5.56 Å². The second kappa shape index (κ2) is 11.4. The molecule has 0 amide bonds. The van der Waals surface area contributed by atoms with Gasteiger partial charge in [0.2, 0.25) is 0 Å². The molecular formula is C30H29IN2O8. The van der Waals surface area contributed by atoms with Crippen molar-refractivity contribution in [2.24, 2.45) is 0 Å². The van der Waals surface area contributed by atoms with Crippen molar-refractivity contribution in [2.45, 2.75) is 29.5 Å². The molecule has 2 heterocycles. The zero-order valence-corrected chi connectivity index (χ0v) is 24.4. The third-order valence-electron chi connectivity index (χ3n) is 7.64. The van der Waals surface area contributed by atoms with Gasteiger partial charge in [-0.1, -0.05) is 66.7 Å². The summed E-state index contributed by atoms with van der Waals surface area (Å²) >= 11 is 1.79. The Hall–Kier alpha value is -3.49. The summed E-state index contributed by atoms with van der Waals surface area (Å²) in [6, 6.07) is 23.1. The number of methoxy groups -OCH3 is 2. The number of benzene rings is 3. The lowest BCUT2D eigenvalue weighted by Crippen LogP contribution is -2.64. The first-order valence-corrected chi connectivity index (χ1v) is 13.8. The largest absolute Gasteiger partial charge is 0.496 e. The van der Waals surface area contributed by atoms with E-state index in [-0.39, 0.29) is 3.57 Å². The van der Waals surface area contributed by atoms with Gasteiger partial charge in [-0.2, -0.15) is 0 Å². The molecule has 0 unspecified atom stereocenters. The fourth-order valence-corrected chi connectivity index (χ4v) is 6.39. The molecule has 3 aromatic carbocycles. The first-order valence-electron chi connectivity index (χ1n) is 12.8. The molecule has 1 aliphatic rings. The fourth-order valence-electron chi connectivity index (χ4n) is 5.98. The zero-order valence-electron chi connectivity index (χ0n) is 22.2. The minimum atomic E-state index is -2.22. The van der Waals surface area contributed by atoms with E-state index >= 15 is 0 Å². The number of H-pyrrole nitrogens is 1. The Morgan fingerprint density at radius 1 is 0.927 bits per heavy atom. The number of hydrogen-bond donors (Lipinski definition) is 4. The summed E-state index contributed by atoms with van der Waals surface area (Å²) in [6.45, 7) is -0.669. The third kappa shape index (κ3) is 4.30. The Bertz CT molecular complexity index is 1610. The van der Waals surface area contributed by atoms with Crippen molar-refractivity contribution in [1.29, 1.82) is 0 Å². The molecule has 0 spiro atoms. The SMILES string of the molecule is COc1ccccc1C(c1ccccc1)(c1ccccc1OC)[C@@]1(n2cc(I)c(=O)[nH]c2=O)O[C@H](CO)[C@@H](O)[C@H]1O. The molecule has 4 atom stereocenters. The van der Waals surface area contributed by atoms with Crippen molar-refractivity contribution in [3.63, 3.8) is 0 Å². The van der Waals surface area contributed by atoms with Gasteiger partial charge in [0.15, 0.2) is 5.72 Å². The van der Waals surface area contributed by atoms with Crippen LogP contribution >= 0.6 is 22.6 Å². The highest BCUT2D eigenvalue weighted by atomic mass is 127. The number of aliphatic hydroxyl groups is 3. The third-order valence-corrected chi connectivity index (χ3v) is 8.41. The van der Waals surface area contributed by atoms with Gasteiger partial charge in [-0.15, -0.1) is 0 Å². The van der Waals surface area contributed by atoms with Crippen LogP contribution in [-0.4, -0.2) is 64.0 Å². The molecule has 41 heavy (non-hydrogen) atoms. The molecule has 5 rings (SSSR count). The number of hydrogen-bond acceptors (Lipinski definition) is 8. The lowest BCUT2D eigenvalue weighted by atomic mass is 9.60. The first-order chi connectivity index (χ1) is 19.8. The average molecular weight is 672 g/mol. The summed E-state index contributed by atoms with van der Waals surface area (Å²) in [4.78, 5) is 28.6. The Morgan fingerprint density at radius 3 is 1.98 bits per heavy atom. The van der Waals surface area contributed by atoms with Crippen LogP contribution < -0.4 is 20.7 Å². The quantitative estimate of drug-likeness (QED) is 0.165. The van der Waals surface area contributed by atoms with E-state index in [4.69, 9.17) is 14.2 Å². The van der Waals surface area contributed by atoms with Gasteiger partial charge in [-0.05, 0) is 40.3 Å². The molecule has 4 aromatic rings. The predicted molar refractivity (Wildman–Crippen MR) is 158 cm³/mol. The van der Waals surface area contributed by atoms with Crippen LogP contribution in [0.15, 0.2) is 94.6 Å². The molecule has 1 fully saturated rings. The van der Waals surface area contributed by atoms with E-state index in [1.54, 1.807) is 95.4 Å². The first kappa shape index (κ1) is 29.0. The van der Waals surface area contributed by atoms with Crippen molar-refractivity contribution in [2.75, 3.05) is 20.8 Å². The molecule has 1 saturated heterocycles. The standard InChI is InChI=1S/C30H29IN2O8/c1-39-22-14-8-6-12-19(22)29(18-10-4-3-5-11-18,20-13-7-9-15-23(20)40-2)30(26(36)25(35)24(17-34)41-30)33-16-21(31)27(37)32-28(33)38/h3-16,24-26,34-36H,17H2,1-2H3,(H,32,37,38)/t24-,25-,26-,30+/m1/s1. The van der Waals surface area contributed by atoms with E-state index in [1.165, 1.54) is 20.4 Å². The summed E-state index contributed by atoms with van der Waals surface area (Å²) in [5, 5.41) is 33.8. The maximum absolute atomic E-state index is 13.8. The molecule has 0 radical (unpaired) electrons.